The molecule has 1 heterocycles. The van der Waals surface area contributed by atoms with Crippen molar-refractivity contribution in [1.29, 1.82) is 0 Å². The van der Waals surface area contributed by atoms with Crippen LogP contribution in [0, 0.1) is 6.92 Å². The van der Waals surface area contributed by atoms with E-state index in [0.717, 1.165) is 16.7 Å². The van der Waals surface area contributed by atoms with Crippen molar-refractivity contribution in [2.24, 2.45) is 0 Å². The van der Waals surface area contributed by atoms with Crippen LogP contribution in [0.5, 0.6) is 11.5 Å². The number of carbonyl (C=O) groups is 1. The number of hydrogen-bond donors (Lipinski definition) is 1. The lowest BCUT2D eigenvalue weighted by Gasteiger charge is -2.09. The Morgan fingerprint density at radius 1 is 1.12 bits per heavy atom. The molecule has 3 rings (SSSR count). The van der Waals surface area contributed by atoms with Crippen LogP contribution in [-0.4, -0.2) is 25.1 Å². The molecule has 1 aromatic heterocycles. The van der Waals surface area contributed by atoms with E-state index in [1.165, 1.54) is 0 Å². The molecule has 0 atom stereocenters. The van der Waals surface area contributed by atoms with Gasteiger partial charge in [0.2, 0.25) is 0 Å². The van der Waals surface area contributed by atoms with E-state index in [4.69, 9.17) is 13.9 Å². The summed E-state index contributed by atoms with van der Waals surface area (Å²) in [5, 5.41) is 2.88. The molecule has 0 aliphatic heterocycles. The third-order valence-electron chi connectivity index (χ3n) is 3.63. The number of aromatic nitrogens is 1. The van der Waals surface area contributed by atoms with E-state index in [2.05, 4.69) is 10.3 Å². The minimum Gasteiger partial charge on any atom is -0.497 e. The lowest BCUT2D eigenvalue weighted by atomic mass is 10.1. The van der Waals surface area contributed by atoms with Crippen LogP contribution in [0.4, 0.5) is 0 Å². The molecule has 0 saturated heterocycles. The van der Waals surface area contributed by atoms with E-state index in [0.29, 0.717) is 29.5 Å². The van der Waals surface area contributed by atoms with Gasteiger partial charge in [-0.2, -0.15) is 0 Å². The summed E-state index contributed by atoms with van der Waals surface area (Å²) < 4.78 is 15.8. The van der Waals surface area contributed by atoms with Crippen LogP contribution in [-0.2, 0) is 6.54 Å². The molecule has 2 aromatic carbocycles. The minimum absolute atomic E-state index is 0.205. The molecule has 24 heavy (non-hydrogen) atoms. The fourth-order valence-corrected chi connectivity index (χ4v) is 2.42. The first kappa shape index (κ1) is 15.9. The maximum atomic E-state index is 12.4. The normalized spacial score (nSPS) is 10.6. The smallest absolute Gasteiger partial charge is 0.251 e. The molecule has 6 nitrogen and oxygen atoms in total. The average Bonchev–Trinajstić information content (AvgIpc) is 2.98. The number of rotatable bonds is 5. The predicted octanol–water partition coefficient (Wildman–Crippen LogP) is 3.08. The van der Waals surface area contributed by atoms with Crippen molar-refractivity contribution in [2.45, 2.75) is 13.5 Å². The van der Waals surface area contributed by atoms with Crippen LogP contribution < -0.4 is 14.8 Å². The van der Waals surface area contributed by atoms with Gasteiger partial charge in [0.15, 0.2) is 11.5 Å². The Hall–Kier alpha value is -3.02. The highest BCUT2D eigenvalue weighted by Crippen LogP contribution is 2.22. The fourth-order valence-electron chi connectivity index (χ4n) is 2.42. The molecule has 0 radical (unpaired) electrons. The first-order valence-electron chi connectivity index (χ1n) is 7.46. The van der Waals surface area contributed by atoms with Crippen molar-refractivity contribution < 1.29 is 18.7 Å². The van der Waals surface area contributed by atoms with Crippen molar-refractivity contribution in [1.82, 2.24) is 10.3 Å². The molecule has 0 saturated carbocycles. The number of benzene rings is 2. The van der Waals surface area contributed by atoms with Gasteiger partial charge in [0.1, 0.15) is 17.0 Å². The van der Waals surface area contributed by atoms with Gasteiger partial charge in [0.05, 0.1) is 14.2 Å². The Bertz CT molecular complexity index is 864. The highest BCUT2D eigenvalue weighted by atomic mass is 16.5. The first-order valence-corrected chi connectivity index (χ1v) is 7.46. The van der Waals surface area contributed by atoms with Gasteiger partial charge in [0, 0.05) is 25.1 Å². The topological polar surface area (TPSA) is 73.6 Å². The zero-order valence-corrected chi connectivity index (χ0v) is 13.8. The van der Waals surface area contributed by atoms with E-state index in [-0.39, 0.29) is 5.91 Å². The standard InChI is InChI=1S/C18H18N2O4/c1-11-20-16-6-12(4-5-17(16)24-11)10-19-18(21)13-7-14(22-2)9-15(8-13)23-3/h4-9H,10H2,1-3H3,(H,19,21). The van der Waals surface area contributed by atoms with Crippen molar-refractivity contribution in [3.63, 3.8) is 0 Å². The highest BCUT2D eigenvalue weighted by molar-refractivity contribution is 5.95. The van der Waals surface area contributed by atoms with Crippen molar-refractivity contribution in [2.75, 3.05) is 14.2 Å². The van der Waals surface area contributed by atoms with Gasteiger partial charge in [-0.25, -0.2) is 4.98 Å². The van der Waals surface area contributed by atoms with Crippen molar-refractivity contribution in [3.8, 4) is 11.5 Å². The number of methoxy groups -OCH3 is 2. The molecule has 0 aliphatic rings. The number of carbonyl (C=O) groups excluding carboxylic acids is 1. The van der Waals surface area contributed by atoms with Crippen LogP contribution >= 0.6 is 0 Å². The summed E-state index contributed by atoms with van der Waals surface area (Å²) >= 11 is 0. The van der Waals surface area contributed by atoms with E-state index in [9.17, 15) is 4.79 Å². The largest absolute Gasteiger partial charge is 0.497 e. The Kier molecular flexibility index (Phi) is 4.37. The lowest BCUT2D eigenvalue weighted by molar-refractivity contribution is 0.0950. The quantitative estimate of drug-likeness (QED) is 0.780. The van der Waals surface area contributed by atoms with Crippen LogP contribution in [0.2, 0.25) is 0 Å². The summed E-state index contributed by atoms with van der Waals surface area (Å²) in [6.45, 7) is 2.19. The van der Waals surface area contributed by atoms with Gasteiger partial charge in [-0.3, -0.25) is 4.79 Å². The molecule has 0 spiro atoms. The molecule has 1 N–H and O–H groups in total. The van der Waals surface area contributed by atoms with Gasteiger partial charge in [0.25, 0.3) is 5.91 Å². The Morgan fingerprint density at radius 2 is 1.83 bits per heavy atom. The number of amides is 1. The average molecular weight is 326 g/mol. The third-order valence-corrected chi connectivity index (χ3v) is 3.63. The molecule has 3 aromatic rings. The molecule has 1 amide bonds. The van der Waals surface area contributed by atoms with E-state index in [1.54, 1.807) is 39.3 Å². The number of ether oxygens (including phenoxy) is 2. The molecule has 6 heteroatoms. The Labute approximate surface area is 139 Å². The molecule has 0 bridgehead atoms. The van der Waals surface area contributed by atoms with Crippen LogP contribution in [0.15, 0.2) is 40.8 Å². The number of fused-ring (bicyclic) bond motifs is 1. The number of oxazole rings is 1. The van der Waals surface area contributed by atoms with Gasteiger partial charge in [-0.1, -0.05) is 6.07 Å². The first-order chi connectivity index (χ1) is 11.6. The number of hydrogen-bond acceptors (Lipinski definition) is 5. The Morgan fingerprint density at radius 3 is 2.50 bits per heavy atom. The second-order valence-corrected chi connectivity index (χ2v) is 5.32. The highest BCUT2D eigenvalue weighted by Gasteiger charge is 2.10. The fraction of sp³-hybridized carbons (Fsp3) is 0.222. The summed E-state index contributed by atoms with van der Waals surface area (Å²) in [6.07, 6.45) is 0. The number of nitrogens with zero attached hydrogens (tertiary/aromatic N) is 1. The Balaban J connectivity index is 1.74. The SMILES string of the molecule is COc1cc(OC)cc(C(=O)NCc2ccc3oc(C)nc3c2)c1. The molecular weight excluding hydrogens is 308 g/mol. The lowest BCUT2D eigenvalue weighted by Crippen LogP contribution is -2.22. The van der Waals surface area contributed by atoms with Crippen LogP contribution in [0.25, 0.3) is 11.1 Å². The zero-order valence-electron chi connectivity index (χ0n) is 13.8. The van der Waals surface area contributed by atoms with Gasteiger partial charge in [-0.15, -0.1) is 0 Å². The monoisotopic (exact) mass is 326 g/mol. The molecule has 0 fully saturated rings. The molecular formula is C18H18N2O4. The number of aryl methyl sites for hydroxylation is 1. The molecule has 0 unspecified atom stereocenters. The summed E-state index contributed by atoms with van der Waals surface area (Å²) in [7, 11) is 3.09. The van der Waals surface area contributed by atoms with E-state index < -0.39 is 0 Å². The maximum absolute atomic E-state index is 12.4. The van der Waals surface area contributed by atoms with E-state index in [1.807, 2.05) is 18.2 Å². The van der Waals surface area contributed by atoms with Crippen molar-refractivity contribution in [3.05, 3.63) is 53.4 Å². The van der Waals surface area contributed by atoms with Crippen LogP contribution in [0.3, 0.4) is 0 Å². The number of nitrogens with one attached hydrogen (secondary N) is 1. The van der Waals surface area contributed by atoms with Gasteiger partial charge < -0.3 is 19.2 Å². The second-order valence-electron chi connectivity index (χ2n) is 5.32. The maximum Gasteiger partial charge on any atom is 0.251 e. The van der Waals surface area contributed by atoms with Crippen LogP contribution in [0.1, 0.15) is 21.8 Å². The summed E-state index contributed by atoms with van der Waals surface area (Å²) in [5.74, 6) is 1.55. The predicted molar refractivity (Wildman–Crippen MR) is 89.5 cm³/mol. The third kappa shape index (κ3) is 3.32. The summed E-state index contributed by atoms with van der Waals surface area (Å²) in [4.78, 5) is 16.7. The van der Waals surface area contributed by atoms with Gasteiger partial charge >= 0.3 is 0 Å². The molecule has 0 aliphatic carbocycles. The summed E-state index contributed by atoms with van der Waals surface area (Å²) in [6, 6.07) is 10.7. The minimum atomic E-state index is -0.205. The summed E-state index contributed by atoms with van der Waals surface area (Å²) in [5.41, 5.74) is 2.94. The van der Waals surface area contributed by atoms with Crippen molar-refractivity contribution >= 4 is 17.0 Å². The van der Waals surface area contributed by atoms with E-state index >= 15 is 0 Å². The molecule has 124 valence electrons. The second kappa shape index (κ2) is 6.62. The van der Waals surface area contributed by atoms with Gasteiger partial charge in [-0.05, 0) is 29.8 Å². The zero-order chi connectivity index (χ0) is 17.1.